The van der Waals surface area contributed by atoms with Crippen LogP contribution in [0.4, 0.5) is 0 Å². The second kappa shape index (κ2) is 27.9. The quantitative estimate of drug-likeness (QED) is 0.152. The van der Waals surface area contributed by atoms with E-state index in [4.69, 9.17) is 0 Å². The van der Waals surface area contributed by atoms with Gasteiger partial charge in [-0.1, -0.05) is 153 Å². The van der Waals surface area contributed by atoms with Crippen LogP contribution in [0.1, 0.15) is 146 Å². The smallest absolute Gasteiger partial charge is 0.550 e. The van der Waals surface area contributed by atoms with Crippen LogP contribution in [-0.2, 0) is 4.79 Å². The summed E-state index contributed by atoms with van der Waals surface area (Å²) < 4.78 is 0. The number of rotatable bonds is 21. The van der Waals surface area contributed by atoms with Crippen molar-refractivity contribution < 1.29 is 19.8 Å². The van der Waals surface area contributed by atoms with E-state index in [0.717, 1.165) is 12.8 Å². The van der Waals surface area contributed by atoms with Crippen molar-refractivity contribution in [3.8, 4) is 0 Å². The molecule has 191 valence electrons. The molecule has 0 heterocycles. The van der Waals surface area contributed by atoms with Crippen LogP contribution in [0.15, 0.2) is 30.3 Å². The van der Waals surface area contributed by atoms with Crippen molar-refractivity contribution >= 4 is 29.3 Å². The molecular weight excluding hydrogens is 439 g/mol. The molecule has 0 amide bonds. The van der Waals surface area contributed by atoms with Crippen LogP contribution in [0.3, 0.4) is 0 Å². The Labute approximate surface area is 220 Å². The second-order valence-electron chi connectivity index (χ2n) is 9.14. The third-order valence-corrected chi connectivity index (χ3v) is 5.99. The minimum absolute atomic E-state index is 0. The third-order valence-electron chi connectivity index (χ3n) is 5.99. The third kappa shape index (κ3) is 26.9. The summed E-state index contributed by atoms with van der Waals surface area (Å²) in [5.74, 6) is -2.03. The first-order valence-corrected chi connectivity index (χ1v) is 13.5. The van der Waals surface area contributed by atoms with Crippen molar-refractivity contribution in [2.24, 2.45) is 0 Å². The number of carboxylic acid groups (broad SMARTS) is 2. The van der Waals surface area contributed by atoms with Crippen LogP contribution in [0.2, 0.25) is 0 Å². The SMILES string of the molecule is CCCCCCCCCCCCCCCCCCCCCC(=O)[O-].O=C([O-])c1ccccc1.[Al+2]. The molecule has 4 nitrogen and oxygen atoms in total. The Morgan fingerprint density at radius 3 is 1.15 bits per heavy atom. The number of carbonyl (C=O) groups is 2. The molecular formula is C29H48AlO4. The van der Waals surface area contributed by atoms with Gasteiger partial charge in [0.1, 0.15) is 0 Å². The topological polar surface area (TPSA) is 80.3 Å². The molecule has 0 N–H and O–H groups in total. The van der Waals surface area contributed by atoms with Gasteiger partial charge >= 0.3 is 17.4 Å². The molecule has 0 unspecified atom stereocenters. The van der Waals surface area contributed by atoms with E-state index in [1.807, 2.05) is 0 Å². The maximum Gasteiger partial charge on any atom is 2.00 e. The van der Waals surface area contributed by atoms with E-state index in [-0.39, 0.29) is 29.3 Å². The fourth-order valence-corrected chi connectivity index (χ4v) is 3.92. The fraction of sp³-hybridized carbons (Fsp3) is 0.724. The van der Waals surface area contributed by atoms with Gasteiger partial charge in [-0.2, -0.15) is 0 Å². The Morgan fingerprint density at radius 2 is 0.882 bits per heavy atom. The average molecular weight is 488 g/mol. The van der Waals surface area contributed by atoms with Gasteiger partial charge in [0.2, 0.25) is 0 Å². The summed E-state index contributed by atoms with van der Waals surface area (Å²) in [6, 6.07) is 8.06. The number of benzene rings is 1. The normalized spacial score (nSPS) is 10.1. The molecule has 0 spiro atoms. The van der Waals surface area contributed by atoms with Crippen LogP contribution in [0.5, 0.6) is 0 Å². The van der Waals surface area contributed by atoms with Crippen LogP contribution in [0, 0.1) is 0 Å². The molecule has 34 heavy (non-hydrogen) atoms. The summed E-state index contributed by atoms with van der Waals surface area (Å²) in [6.45, 7) is 2.28. The largest absolute Gasteiger partial charge is 2.00 e. The Morgan fingerprint density at radius 1 is 0.559 bits per heavy atom. The first-order chi connectivity index (χ1) is 16.1. The molecule has 0 aliphatic rings. The van der Waals surface area contributed by atoms with Crippen molar-refractivity contribution in [2.45, 2.75) is 135 Å². The summed E-state index contributed by atoms with van der Waals surface area (Å²) in [4.78, 5) is 20.4. The fourth-order valence-electron chi connectivity index (χ4n) is 3.92. The van der Waals surface area contributed by atoms with E-state index in [1.54, 1.807) is 18.2 Å². The predicted molar refractivity (Wildman–Crippen MR) is 140 cm³/mol. The number of carboxylic acids is 2. The number of hydrogen-bond acceptors (Lipinski definition) is 4. The molecule has 0 saturated carbocycles. The molecule has 1 rings (SSSR count). The predicted octanol–water partition coefficient (Wildman–Crippen LogP) is 6.23. The van der Waals surface area contributed by atoms with E-state index in [2.05, 4.69) is 6.92 Å². The van der Waals surface area contributed by atoms with Gasteiger partial charge in [-0.3, -0.25) is 0 Å². The monoisotopic (exact) mass is 487 g/mol. The standard InChI is InChI=1S/C22H44O2.C7H6O2.Al/c1-2-3-4-5-6-7-8-9-10-11-12-13-14-15-16-17-18-19-20-21-22(23)24;8-7(9)6-4-2-1-3-5-6;/h2-21H2,1H3,(H,23,24);1-5H,(H,8,9);/q;;+2/p-2. The number of aliphatic carboxylic acids is 1. The molecule has 0 aliphatic heterocycles. The average Bonchev–Trinajstić information content (AvgIpc) is 2.81. The molecule has 0 fully saturated rings. The van der Waals surface area contributed by atoms with Gasteiger partial charge in [0.15, 0.2) is 0 Å². The van der Waals surface area contributed by atoms with Gasteiger partial charge in [0.05, 0.1) is 5.97 Å². The minimum atomic E-state index is -1.13. The zero-order chi connectivity index (χ0) is 24.4. The van der Waals surface area contributed by atoms with E-state index in [1.165, 1.54) is 121 Å². The number of aromatic carboxylic acids is 1. The Kier molecular flexibility index (Phi) is 28.6. The first kappa shape index (κ1) is 34.9. The van der Waals surface area contributed by atoms with Crippen LogP contribution in [-0.4, -0.2) is 29.3 Å². The Hall–Kier alpha value is -1.31. The summed E-state index contributed by atoms with van der Waals surface area (Å²) in [6.07, 6.45) is 25.7. The number of hydrogen-bond donors (Lipinski definition) is 0. The van der Waals surface area contributed by atoms with Gasteiger partial charge in [-0.15, -0.1) is 0 Å². The molecule has 0 saturated heterocycles. The summed E-state index contributed by atoms with van der Waals surface area (Å²) in [5, 5.41) is 20.4. The molecule has 0 bridgehead atoms. The van der Waals surface area contributed by atoms with E-state index < -0.39 is 11.9 Å². The van der Waals surface area contributed by atoms with Gasteiger partial charge < -0.3 is 19.8 Å². The molecule has 1 aromatic rings. The second-order valence-corrected chi connectivity index (χ2v) is 9.14. The zero-order valence-corrected chi connectivity index (χ0v) is 22.9. The molecule has 0 aliphatic carbocycles. The zero-order valence-electron chi connectivity index (χ0n) is 21.7. The van der Waals surface area contributed by atoms with Gasteiger partial charge in [-0.05, 0) is 18.4 Å². The maximum atomic E-state index is 10.3. The van der Waals surface area contributed by atoms with Crippen molar-refractivity contribution in [3.63, 3.8) is 0 Å². The van der Waals surface area contributed by atoms with Crippen molar-refractivity contribution in [1.29, 1.82) is 0 Å². The molecule has 0 atom stereocenters. The number of unbranched alkanes of at least 4 members (excludes halogenated alkanes) is 18. The van der Waals surface area contributed by atoms with Crippen molar-refractivity contribution in [3.05, 3.63) is 35.9 Å². The molecule has 0 aromatic heterocycles. The minimum Gasteiger partial charge on any atom is -0.550 e. The molecule has 1 aromatic carbocycles. The van der Waals surface area contributed by atoms with Crippen molar-refractivity contribution in [2.75, 3.05) is 0 Å². The van der Waals surface area contributed by atoms with E-state index >= 15 is 0 Å². The molecule has 1 radical (unpaired) electrons. The summed E-state index contributed by atoms with van der Waals surface area (Å²) >= 11 is 0. The van der Waals surface area contributed by atoms with Crippen LogP contribution < -0.4 is 10.2 Å². The van der Waals surface area contributed by atoms with Crippen LogP contribution in [0.25, 0.3) is 0 Å². The van der Waals surface area contributed by atoms with Crippen LogP contribution >= 0.6 is 0 Å². The summed E-state index contributed by atoms with van der Waals surface area (Å²) in [7, 11) is 0. The van der Waals surface area contributed by atoms with Crippen molar-refractivity contribution in [1.82, 2.24) is 0 Å². The first-order valence-electron chi connectivity index (χ1n) is 13.5. The maximum absolute atomic E-state index is 10.3. The van der Waals surface area contributed by atoms with E-state index in [9.17, 15) is 19.8 Å². The van der Waals surface area contributed by atoms with Gasteiger partial charge in [-0.25, -0.2) is 0 Å². The summed E-state index contributed by atoms with van der Waals surface area (Å²) in [5.41, 5.74) is 0.220. The Balaban J connectivity index is 0. The number of carbonyl (C=O) groups excluding carboxylic acids is 2. The van der Waals surface area contributed by atoms with Gasteiger partial charge in [0.25, 0.3) is 0 Å². The van der Waals surface area contributed by atoms with E-state index in [0.29, 0.717) is 0 Å². The Bertz CT molecular complexity index is 563. The van der Waals surface area contributed by atoms with Gasteiger partial charge in [0, 0.05) is 5.97 Å². The molecule has 5 heteroatoms.